The summed E-state index contributed by atoms with van der Waals surface area (Å²) in [6.45, 7) is 8.54. The Morgan fingerprint density at radius 1 is 0.906 bits per heavy atom. The SMILES string of the molecule is Cc1ccc(CN2CCN(C3(c4ccccc4)Cc4cccc(F)c4C3=O)CC2)c(C)c1. The lowest BCUT2D eigenvalue weighted by molar-refractivity contribution is 0.0286. The predicted octanol–water partition coefficient (Wildman–Crippen LogP) is 4.89. The molecule has 3 aromatic carbocycles. The maximum atomic E-state index is 14.7. The van der Waals surface area contributed by atoms with Gasteiger partial charge in [0.2, 0.25) is 0 Å². The molecule has 0 aromatic heterocycles. The Kier molecular flexibility index (Phi) is 5.44. The van der Waals surface area contributed by atoms with Crippen LogP contribution < -0.4 is 0 Å². The molecule has 4 heteroatoms. The quantitative estimate of drug-likeness (QED) is 0.591. The van der Waals surface area contributed by atoms with Gasteiger partial charge in [0.05, 0.1) is 5.56 Å². The molecule has 1 fully saturated rings. The van der Waals surface area contributed by atoms with Crippen molar-refractivity contribution < 1.29 is 9.18 Å². The van der Waals surface area contributed by atoms with Crippen molar-refractivity contribution in [1.82, 2.24) is 9.80 Å². The van der Waals surface area contributed by atoms with Gasteiger partial charge in [0.1, 0.15) is 11.4 Å². The van der Waals surface area contributed by atoms with Gasteiger partial charge in [-0.25, -0.2) is 4.39 Å². The Morgan fingerprint density at radius 3 is 2.34 bits per heavy atom. The van der Waals surface area contributed by atoms with E-state index in [2.05, 4.69) is 41.8 Å². The second-order valence-electron chi connectivity index (χ2n) is 9.20. The fraction of sp³-hybridized carbons (Fsp3) is 0.321. The zero-order valence-electron chi connectivity index (χ0n) is 18.8. The molecule has 1 aliphatic carbocycles. The molecule has 0 bridgehead atoms. The summed E-state index contributed by atoms with van der Waals surface area (Å²) in [6, 6.07) is 21.6. The number of hydrogen-bond acceptors (Lipinski definition) is 3. The zero-order valence-corrected chi connectivity index (χ0v) is 18.8. The third kappa shape index (κ3) is 3.48. The van der Waals surface area contributed by atoms with E-state index in [0.717, 1.165) is 43.9 Å². The molecule has 3 aromatic rings. The van der Waals surface area contributed by atoms with E-state index in [-0.39, 0.29) is 11.3 Å². The van der Waals surface area contributed by atoms with Crippen LogP contribution in [0.2, 0.25) is 0 Å². The third-order valence-electron chi connectivity index (χ3n) is 7.20. The summed E-state index contributed by atoms with van der Waals surface area (Å²) < 4.78 is 14.7. The Hall–Kier alpha value is -2.82. The van der Waals surface area contributed by atoms with Crippen LogP contribution in [0.1, 0.15) is 38.2 Å². The van der Waals surface area contributed by atoms with Crippen LogP contribution in [0.4, 0.5) is 4.39 Å². The van der Waals surface area contributed by atoms with Crippen molar-refractivity contribution in [2.75, 3.05) is 26.2 Å². The summed E-state index contributed by atoms with van der Waals surface area (Å²) >= 11 is 0. The summed E-state index contributed by atoms with van der Waals surface area (Å²) in [6.07, 6.45) is 0.528. The smallest absolute Gasteiger partial charge is 0.191 e. The number of nitrogens with zero attached hydrogens (tertiary/aromatic N) is 2. The molecule has 3 nitrogen and oxygen atoms in total. The van der Waals surface area contributed by atoms with Crippen LogP contribution in [-0.2, 0) is 18.5 Å². The van der Waals surface area contributed by atoms with Crippen molar-refractivity contribution in [3.8, 4) is 0 Å². The van der Waals surface area contributed by atoms with E-state index in [1.165, 1.54) is 22.8 Å². The third-order valence-corrected chi connectivity index (χ3v) is 7.20. The minimum Gasteiger partial charge on any atom is -0.297 e. The molecule has 0 amide bonds. The average molecular weight is 429 g/mol. The van der Waals surface area contributed by atoms with Gasteiger partial charge in [0.15, 0.2) is 5.78 Å². The fourth-order valence-corrected chi connectivity index (χ4v) is 5.47. The molecule has 1 aliphatic heterocycles. The van der Waals surface area contributed by atoms with Gasteiger partial charge in [-0.1, -0.05) is 66.2 Å². The van der Waals surface area contributed by atoms with Crippen LogP contribution in [0.3, 0.4) is 0 Å². The van der Waals surface area contributed by atoms with E-state index in [4.69, 9.17) is 0 Å². The maximum absolute atomic E-state index is 14.7. The lowest BCUT2D eigenvalue weighted by Crippen LogP contribution is -2.58. The van der Waals surface area contributed by atoms with Gasteiger partial charge >= 0.3 is 0 Å². The number of ketones is 1. The van der Waals surface area contributed by atoms with Crippen LogP contribution in [0.15, 0.2) is 66.7 Å². The molecule has 0 radical (unpaired) electrons. The van der Waals surface area contributed by atoms with Crippen LogP contribution in [0.5, 0.6) is 0 Å². The number of rotatable bonds is 4. The Balaban J connectivity index is 1.42. The van der Waals surface area contributed by atoms with Crippen LogP contribution >= 0.6 is 0 Å². The number of Topliss-reactive ketones (excluding diaryl/α,β-unsaturated/α-hetero) is 1. The molecule has 5 rings (SSSR count). The number of fused-ring (bicyclic) bond motifs is 1. The van der Waals surface area contributed by atoms with E-state index in [9.17, 15) is 9.18 Å². The van der Waals surface area contributed by atoms with Gasteiger partial charge in [0.25, 0.3) is 0 Å². The average Bonchev–Trinajstić information content (AvgIpc) is 3.11. The molecule has 0 spiro atoms. The minimum absolute atomic E-state index is 0.0976. The first-order chi connectivity index (χ1) is 15.5. The Labute approximate surface area is 189 Å². The van der Waals surface area contributed by atoms with Crippen LogP contribution in [-0.4, -0.2) is 41.8 Å². The first kappa shape index (κ1) is 21.0. The van der Waals surface area contributed by atoms with Gasteiger partial charge < -0.3 is 0 Å². The van der Waals surface area contributed by atoms with Gasteiger partial charge in [-0.2, -0.15) is 0 Å². The Bertz CT molecular complexity index is 1150. The second kappa shape index (κ2) is 8.27. The van der Waals surface area contributed by atoms with Crippen molar-refractivity contribution in [3.05, 3.63) is 106 Å². The van der Waals surface area contributed by atoms with Gasteiger partial charge in [-0.15, -0.1) is 0 Å². The predicted molar refractivity (Wildman–Crippen MR) is 125 cm³/mol. The van der Waals surface area contributed by atoms with E-state index >= 15 is 0 Å². The molecule has 164 valence electrons. The summed E-state index contributed by atoms with van der Waals surface area (Å²) in [5, 5.41) is 0. The highest BCUT2D eigenvalue weighted by atomic mass is 19.1. The first-order valence-electron chi connectivity index (χ1n) is 11.4. The topological polar surface area (TPSA) is 23.6 Å². The molecular formula is C28H29FN2O. The van der Waals surface area contributed by atoms with E-state index in [0.29, 0.717) is 6.42 Å². The van der Waals surface area contributed by atoms with Crippen molar-refractivity contribution >= 4 is 5.78 Å². The standard InChI is InChI=1S/C28H29FN2O/c1-20-11-12-23(21(2)17-20)19-30-13-15-31(16-14-30)28(24-8-4-3-5-9-24)18-22-7-6-10-25(29)26(22)27(28)32/h3-12,17H,13-16,18-19H2,1-2H3. The van der Waals surface area contributed by atoms with Crippen LogP contribution in [0.25, 0.3) is 0 Å². The van der Waals surface area contributed by atoms with E-state index < -0.39 is 11.4 Å². The summed E-state index contributed by atoms with van der Waals surface area (Å²) in [5.74, 6) is -0.501. The van der Waals surface area contributed by atoms with Crippen molar-refractivity contribution in [1.29, 1.82) is 0 Å². The van der Waals surface area contributed by atoms with Gasteiger partial charge in [0, 0.05) is 39.1 Å². The lowest BCUT2D eigenvalue weighted by atomic mass is 9.83. The fourth-order valence-electron chi connectivity index (χ4n) is 5.47. The highest BCUT2D eigenvalue weighted by molar-refractivity contribution is 6.08. The van der Waals surface area contributed by atoms with Crippen molar-refractivity contribution in [3.63, 3.8) is 0 Å². The highest BCUT2D eigenvalue weighted by Gasteiger charge is 2.52. The molecule has 1 unspecified atom stereocenters. The number of hydrogen-bond donors (Lipinski definition) is 0. The van der Waals surface area contributed by atoms with Gasteiger partial charge in [-0.05, 0) is 42.2 Å². The van der Waals surface area contributed by atoms with Gasteiger partial charge in [-0.3, -0.25) is 14.6 Å². The molecule has 1 atom stereocenters. The maximum Gasteiger partial charge on any atom is 0.191 e. The number of benzene rings is 3. The summed E-state index contributed by atoms with van der Waals surface area (Å²) in [5.41, 5.74) is 5.19. The lowest BCUT2D eigenvalue weighted by Gasteiger charge is -2.45. The van der Waals surface area contributed by atoms with E-state index in [1.54, 1.807) is 6.07 Å². The summed E-state index contributed by atoms with van der Waals surface area (Å²) in [7, 11) is 0. The highest BCUT2D eigenvalue weighted by Crippen LogP contribution is 2.43. The largest absolute Gasteiger partial charge is 0.297 e. The molecule has 0 saturated carbocycles. The Morgan fingerprint density at radius 2 is 1.66 bits per heavy atom. The molecule has 1 heterocycles. The number of halogens is 1. The minimum atomic E-state index is -0.822. The zero-order chi connectivity index (χ0) is 22.3. The molecule has 2 aliphatic rings. The molecule has 1 saturated heterocycles. The molecule has 32 heavy (non-hydrogen) atoms. The first-order valence-corrected chi connectivity index (χ1v) is 11.4. The van der Waals surface area contributed by atoms with E-state index in [1.807, 2.05) is 36.4 Å². The molecule has 0 N–H and O–H groups in total. The number of piperazine rings is 1. The number of carbonyl (C=O) groups is 1. The van der Waals surface area contributed by atoms with Crippen molar-refractivity contribution in [2.45, 2.75) is 32.4 Å². The number of carbonyl (C=O) groups excluding carboxylic acids is 1. The normalized spacial score (nSPS) is 21.7. The second-order valence-corrected chi connectivity index (χ2v) is 9.20. The number of aryl methyl sites for hydroxylation is 2. The summed E-state index contributed by atoms with van der Waals surface area (Å²) in [4.78, 5) is 18.5. The van der Waals surface area contributed by atoms with Crippen LogP contribution in [0, 0.1) is 19.7 Å². The molecular weight excluding hydrogens is 399 g/mol. The monoisotopic (exact) mass is 428 g/mol. The van der Waals surface area contributed by atoms with Crippen molar-refractivity contribution in [2.24, 2.45) is 0 Å².